The van der Waals surface area contributed by atoms with Gasteiger partial charge in [0.15, 0.2) is 11.1 Å². The molecule has 8 nitrogen and oxygen atoms in total. The SMILES string of the molecule is Cc1cc(=O)n2nc(CSC(=N)N=C(N)N)sc2n1. The Bertz CT molecular complexity index is 713. The Labute approximate surface area is 116 Å². The summed E-state index contributed by atoms with van der Waals surface area (Å²) >= 11 is 2.42. The molecule has 2 rings (SSSR count). The van der Waals surface area contributed by atoms with E-state index in [0.717, 1.165) is 11.8 Å². The number of nitrogens with one attached hydrogen (secondary N) is 1. The molecule has 0 aliphatic rings. The van der Waals surface area contributed by atoms with Crippen LogP contribution >= 0.6 is 23.1 Å². The average Bonchev–Trinajstić information content (AvgIpc) is 2.68. The van der Waals surface area contributed by atoms with Gasteiger partial charge >= 0.3 is 0 Å². The number of amidine groups is 1. The lowest BCUT2D eigenvalue weighted by molar-refractivity contribution is 0.870. The number of nitrogens with two attached hydrogens (primary N) is 2. The van der Waals surface area contributed by atoms with E-state index in [-0.39, 0.29) is 16.7 Å². The summed E-state index contributed by atoms with van der Waals surface area (Å²) in [5.41, 5.74) is 10.8. The Morgan fingerprint density at radius 2 is 2.37 bits per heavy atom. The quantitative estimate of drug-likeness (QED) is 0.523. The number of thioether (sulfide) groups is 1. The maximum atomic E-state index is 11.7. The second-order valence-corrected chi connectivity index (χ2v) is 5.56. The third kappa shape index (κ3) is 3.29. The predicted molar refractivity (Wildman–Crippen MR) is 76.7 cm³/mol. The summed E-state index contributed by atoms with van der Waals surface area (Å²) in [5, 5.41) is 12.3. The van der Waals surface area contributed by atoms with Gasteiger partial charge < -0.3 is 11.5 Å². The van der Waals surface area contributed by atoms with E-state index in [0.29, 0.717) is 21.4 Å². The molecule has 0 amide bonds. The largest absolute Gasteiger partial charge is 0.370 e. The van der Waals surface area contributed by atoms with Crippen LogP contribution in [0.2, 0.25) is 0 Å². The second kappa shape index (κ2) is 5.36. The first-order valence-electron chi connectivity index (χ1n) is 5.13. The zero-order valence-electron chi connectivity index (χ0n) is 9.95. The summed E-state index contributed by atoms with van der Waals surface area (Å²) in [6.45, 7) is 1.75. The van der Waals surface area contributed by atoms with E-state index in [1.54, 1.807) is 6.92 Å². The highest BCUT2D eigenvalue weighted by Crippen LogP contribution is 2.18. The first kappa shape index (κ1) is 13.5. The Morgan fingerprint density at radius 3 is 3.05 bits per heavy atom. The van der Waals surface area contributed by atoms with Crippen molar-refractivity contribution in [1.29, 1.82) is 5.41 Å². The number of rotatable bonds is 2. The molecule has 2 aromatic heterocycles. The van der Waals surface area contributed by atoms with Crippen LogP contribution in [-0.2, 0) is 5.75 Å². The lowest BCUT2D eigenvalue weighted by atomic mass is 10.5. The summed E-state index contributed by atoms with van der Waals surface area (Å²) in [5.74, 6) is 0.248. The fraction of sp³-hybridized carbons (Fsp3) is 0.222. The highest BCUT2D eigenvalue weighted by molar-refractivity contribution is 8.13. The van der Waals surface area contributed by atoms with Crippen LogP contribution in [0.15, 0.2) is 15.9 Å². The van der Waals surface area contributed by atoms with Crippen molar-refractivity contribution in [2.45, 2.75) is 12.7 Å². The van der Waals surface area contributed by atoms with Crippen molar-refractivity contribution in [2.75, 3.05) is 0 Å². The number of aryl methyl sites for hydroxylation is 1. The van der Waals surface area contributed by atoms with Gasteiger partial charge in [-0.1, -0.05) is 23.1 Å². The van der Waals surface area contributed by atoms with Crippen LogP contribution in [0.4, 0.5) is 0 Å². The molecule has 0 radical (unpaired) electrons. The van der Waals surface area contributed by atoms with E-state index in [1.807, 2.05) is 0 Å². The molecule has 0 saturated heterocycles. The normalized spacial score (nSPS) is 10.6. The molecule has 19 heavy (non-hydrogen) atoms. The Kier molecular flexibility index (Phi) is 3.81. The van der Waals surface area contributed by atoms with Crippen LogP contribution in [0, 0.1) is 12.3 Å². The molecule has 2 heterocycles. The molecule has 2 aromatic rings. The van der Waals surface area contributed by atoms with Gasteiger partial charge in [-0.25, -0.2) is 4.98 Å². The number of guanidine groups is 1. The van der Waals surface area contributed by atoms with E-state index < -0.39 is 0 Å². The molecule has 5 N–H and O–H groups in total. The van der Waals surface area contributed by atoms with E-state index in [1.165, 1.54) is 21.9 Å². The molecule has 0 bridgehead atoms. The van der Waals surface area contributed by atoms with Gasteiger partial charge in [0.1, 0.15) is 5.01 Å². The van der Waals surface area contributed by atoms with Gasteiger partial charge in [-0.2, -0.15) is 14.6 Å². The van der Waals surface area contributed by atoms with Gasteiger partial charge in [-0.15, -0.1) is 0 Å². The summed E-state index contributed by atoms with van der Waals surface area (Å²) in [4.78, 5) is 20.0. The van der Waals surface area contributed by atoms with E-state index >= 15 is 0 Å². The molecule has 0 saturated carbocycles. The predicted octanol–water partition coefficient (Wildman–Crippen LogP) is -0.0992. The zero-order chi connectivity index (χ0) is 14.0. The Balaban J connectivity index is 2.19. The minimum Gasteiger partial charge on any atom is -0.370 e. The topological polar surface area (TPSA) is 136 Å². The van der Waals surface area contributed by atoms with Crippen LogP contribution in [0.25, 0.3) is 4.96 Å². The highest BCUT2D eigenvalue weighted by atomic mass is 32.2. The van der Waals surface area contributed by atoms with Crippen LogP contribution < -0.4 is 17.0 Å². The van der Waals surface area contributed by atoms with Crippen molar-refractivity contribution >= 4 is 39.2 Å². The number of nitrogens with zero attached hydrogens (tertiary/aromatic N) is 4. The number of hydrogen-bond acceptors (Lipinski definition) is 6. The van der Waals surface area contributed by atoms with Crippen LogP contribution in [-0.4, -0.2) is 25.7 Å². The smallest absolute Gasteiger partial charge is 0.275 e. The maximum Gasteiger partial charge on any atom is 0.275 e. The number of aliphatic imine (C=N–C) groups is 1. The fourth-order valence-corrected chi connectivity index (χ4v) is 2.94. The van der Waals surface area contributed by atoms with E-state index in [2.05, 4.69) is 15.1 Å². The van der Waals surface area contributed by atoms with Crippen LogP contribution in [0.5, 0.6) is 0 Å². The zero-order valence-corrected chi connectivity index (χ0v) is 11.6. The Morgan fingerprint density at radius 1 is 1.63 bits per heavy atom. The standard InChI is InChI=1S/C9H11N7OS2/c1-4-2-6(17)16-9(13-4)19-5(15-16)3-18-8(12)14-7(10)11/h2H,3H2,1H3,(H5,10,11,12,14). The molecule has 0 fully saturated rings. The monoisotopic (exact) mass is 297 g/mol. The van der Waals surface area contributed by atoms with E-state index in [9.17, 15) is 4.79 Å². The fourth-order valence-electron chi connectivity index (χ4n) is 1.30. The molecule has 0 unspecified atom stereocenters. The summed E-state index contributed by atoms with van der Waals surface area (Å²) < 4.78 is 1.25. The van der Waals surface area contributed by atoms with Crippen LogP contribution in [0.1, 0.15) is 10.7 Å². The third-order valence-corrected chi connectivity index (χ3v) is 3.85. The van der Waals surface area contributed by atoms with Crippen molar-refractivity contribution in [1.82, 2.24) is 14.6 Å². The molecule has 10 heteroatoms. The molecular formula is C9H11N7OS2. The molecule has 0 spiro atoms. The van der Waals surface area contributed by atoms with Crippen molar-refractivity contribution in [3.05, 3.63) is 27.1 Å². The maximum absolute atomic E-state index is 11.7. The van der Waals surface area contributed by atoms with Gasteiger partial charge in [-0.3, -0.25) is 10.2 Å². The molecule has 100 valence electrons. The molecule has 0 aliphatic carbocycles. The first-order chi connectivity index (χ1) is 8.95. The molecular weight excluding hydrogens is 286 g/mol. The van der Waals surface area contributed by atoms with Gasteiger partial charge in [0.2, 0.25) is 4.96 Å². The van der Waals surface area contributed by atoms with Gasteiger partial charge in [0, 0.05) is 11.8 Å². The summed E-state index contributed by atoms with van der Waals surface area (Å²) in [6.07, 6.45) is 0. The number of aromatic nitrogens is 3. The summed E-state index contributed by atoms with van der Waals surface area (Å²) in [6, 6.07) is 1.42. The number of hydrogen-bond donors (Lipinski definition) is 3. The van der Waals surface area contributed by atoms with Crippen molar-refractivity contribution in [3.63, 3.8) is 0 Å². The second-order valence-electron chi connectivity index (χ2n) is 3.56. The lowest BCUT2D eigenvalue weighted by Gasteiger charge is -1.95. The van der Waals surface area contributed by atoms with Crippen LogP contribution in [0.3, 0.4) is 0 Å². The van der Waals surface area contributed by atoms with Gasteiger partial charge in [0.25, 0.3) is 5.56 Å². The summed E-state index contributed by atoms with van der Waals surface area (Å²) in [7, 11) is 0. The van der Waals surface area contributed by atoms with Gasteiger partial charge in [-0.05, 0) is 6.92 Å². The minimum absolute atomic E-state index is 0.00394. The average molecular weight is 297 g/mol. The van der Waals surface area contributed by atoms with Crippen molar-refractivity contribution in [2.24, 2.45) is 16.5 Å². The van der Waals surface area contributed by atoms with Crippen molar-refractivity contribution < 1.29 is 0 Å². The molecule has 0 aliphatic heterocycles. The van der Waals surface area contributed by atoms with Crippen molar-refractivity contribution in [3.8, 4) is 0 Å². The highest BCUT2D eigenvalue weighted by Gasteiger charge is 2.08. The van der Waals surface area contributed by atoms with E-state index in [4.69, 9.17) is 16.9 Å². The van der Waals surface area contributed by atoms with Gasteiger partial charge in [0.05, 0.1) is 5.75 Å². The lowest BCUT2D eigenvalue weighted by Crippen LogP contribution is -2.23. The number of fused-ring (bicyclic) bond motifs is 1. The molecule has 0 atom stereocenters. The third-order valence-electron chi connectivity index (χ3n) is 1.98. The molecule has 0 aromatic carbocycles. The first-order valence-corrected chi connectivity index (χ1v) is 6.93. The Hall–Kier alpha value is -1.94. The minimum atomic E-state index is -0.214.